The summed E-state index contributed by atoms with van der Waals surface area (Å²) in [6.07, 6.45) is 7.90. The lowest BCUT2D eigenvalue weighted by molar-refractivity contribution is -0.142. The topological polar surface area (TPSA) is 142 Å². The van der Waals surface area contributed by atoms with E-state index in [0.717, 1.165) is 44.9 Å². The van der Waals surface area contributed by atoms with Gasteiger partial charge in [-0.05, 0) is 49.9 Å². The number of unbranched alkanes of at least 4 members (excludes halogenated alkanes) is 6. The van der Waals surface area contributed by atoms with Gasteiger partial charge in [-0.2, -0.15) is 0 Å². The summed E-state index contributed by atoms with van der Waals surface area (Å²) in [5, 5.41) is 23.3. The monoisotopic (exact) mass is 478 g/mol. The predicted octanol–water partition coefficient (Wildman–Crippen LogP) is 3.76. The number of rotatable bonds is 19. The first-order chi connectivity index (χ1) is 16.3. The number of carbonyl (C=O) groups excluding carboxylic acids is 2. The first kappa shape index (κ1) is 28.9. The smallest absolute Gasteiger partial charge is 0.335 e. The van der Waals surface area contributed by atoms with Gasteiger partial charge in [0.05, 0.1) is 12.2 Å². The van der Waals surface area contributed by atoms with E-state index in [0.29, 0.717) is 25.3 Å². The van der Waals surface area contributed by atoms with Crippen molar-refractivity contribution in [3.63, 3.8) is 0 Å². The molecule has 190 valence electrons. The van der Waals surface area contributed by atoms with Gasteiger partial charge in [0.1, 0.15) is 11.8 Å². The number of ether oxygens (including phenoxy) is 1. The minimum Gasteiger partial charge on any atom is -0.494 e. The Morgan fingerprint density at radius 2 is 1.47 bits per heavy atom. The van der Waals surface area contributed by atoms with Gasteiger partial charge in [0.2, 0.25) is 11.8 Å². The summed E-state index contributed by atoms with van der Waals surface area (Å²) < 4.78 is 5.61. The van der Waals surface area contributed by atoms with E-state index in [9.17, 15) is 24.3 Å². The van der Waals surface area contributed by atoms with Crippen LogP contribution in [0, 0.1) is 0 Å². The van der Waals surface area contributed by atoms with E-state index in [2.05, 4.69) is 10.6 Å². The van der Waals surface area contributed by atoms with Crippen LogP contribution in [0.25, 0.3) is 0 Å². The second-order valence-electron chi connectivity index (χ2n) is 8.25. The Balaban J connectivity index is 2.04. The molecular formula is C25H38N2O7. The molecule has 9 heteroatoms. The first-order valence-electron chi connectivity index (χ1n) is 12.1. The van der Waals surface area contributed by atoms with E-state index in [1.54, 1.807) is 12.1 Å². The second-order valence-corrected chi connectivity index (χ2v) is 8.25. The number of carboxylic acid groups (broad SMARTS) is 2. The molecule has 0 aliphatic rings. The third kappa shape index (κ3) is 13.4. The Morgan fingerprint density at radius 3 is 2.06 bits per heavy atom. The summed E-state index contributed by atoms with van der Waals surface area (Å²) in [6.45, 7) is 3.07. The predicted molar refractivity (Wildman–Crippen MR) is 128 cm³/mol. The minimum absolute atomic E-state index is 0.0687. The fourth-order valence-electron chi connectivity index (χ4n) is 3.31. The van der Waals surface area contributed by atoms with Crippen LogP contribution in [0.1, 0.15) is 87.9 Å². The van der Waals surface area contributed by atoms with Gasteiger partial charge in [-0.1, -0.05) is 39.0 Å². The van der Waals surface area contributed by atoms with E-state index in [-0.39, 0.29) is 36.6 Å². The van der Waals surface area contributed by atoms with Crippen LogP contribution in [-0.4, -0.2) is 53.2 Å². The molecule has 0 fully saturated rings. The van der Waals surface area contributed by atoms with Crippen LogP contribution >= 0.6 is 0 Å². The summed E-state index contributed by atoms with van der Waals surface area (Å²) in [5.74, 6) is -1.93. The van der Waals surface area contributed by atoms with Gasteiger partial charge in [0.15, 0.2) is 0 Å². The summed E-state index contributed by atoms with van der Waals surface area (Å²) in [7, 11) is 0. The quantitative estimate of drug-likeness (QED) is 0.222. The largest absolute Gasteiger partial charge is 0.494 e. The molecular weight excluding hydrogens is 440 g/mol. The van der Waals surface area contributed by atoms with Crippen molar-refractivity contribution < 1.29 is 34.1 Å². The molecule has 0 radical (unpaired) electrons. The number of hydrogen-bond acceptors (Lipinski definition) is 5. The van der Waals surface area contributed by atoms with Gasteiger partial charge in [0.25, 0.3) is 0 Å². The Kier molecular flexibility index (Phi) is 14.8. The van der Waals surface area contributed by atoms with Crippen molar-refractivity contribution in [2.24, 2.45) is 0 Å². The zero-order valence-electron chi connectivity index (χ0n) is 20.0. The maximum atomic E-state index is 12.0. The highest BCUT2D eigenvalue weighted by molar-refractivity contribution is 5.87. The van der Waals surface area contributed by atoms with Crippen LogP contribution in [-0.2, 0) is 14.4 Å². The zero-order chi connectivity index (χ0) is 25.2. The molecule has 0 unspecified atom stereocenters. The highest BCUT2D eigenvalue weighted by Crippen LogP contribution is 2.14. The average Bonchev–Trinajstić information content (AvgIpc) is 2.81. The number of aliphatic carboxylic acids is 1. The van der Waals surface area contributed by atoms with Crippen molar-refractivity contribution in [3.8, 4) is 5.75 Å². The van der Waals surface area contributed by atoms with Gasteiger partial charge in [-0.3, -0.25) is 9.59 Å². The highest BCUT2D eigenvalue weighted by Gasteiger charge is 2.20. The number of hydrogen-bond donors (Lipinski definition) is 4. The molecule has 1 rings (SSSR count). The van der Waals surface area contributed by atoms with E-state index in [1.165, 1.54) is 12.1 Å². The second kappa shape index (κ2) is 17.4. The van der Waals surface area contributed by atoms with Crippen molar-refractivity contribution in [1.82, 2.24) is 10.6 Å². The van der Waals surface area contributed by atoms with Gasteiger partial charge in [0, 0.05) is 19.4 Å². The maximum absolute atomic E-state index is 12.0. The van der Waals surface area contributed by atoms with Crippen LogP contribution in [0.2, 0.25) is 0 Å². The highest BCUT2D eigenvalue weighted by atomic mass is 16.5. The van der Waals surface area contributed by atoms with Crippen LogP contribution < -0.4 is 15.4 Å². The number of aromatic carboxylic acids is 1. The molecule has 0 aliphatic carbocycles. The number of nitrogens with one attached hydrogen (secondary N) is 2. The Labute approximate surface area is 201 Å². The van der Waals surface area contributed by atoms with Gasteiger partial charge in [-0.25, -0.2) is 9.59 Å². The Hall–Kier alpha value is -3.10. The number of amides is 2. The van der Waals surface area contributed by atoms with Crippen molar-refractivity contribution in [2.45, 2.75) is 83.6 Å². The van der Waals surface area contributed by atoms with Crippen LogP contribution in [0.3, 0.4) is 0 Å². The molecule has 4 N–H and O–H groups in total. The molecule has 0 spiro atoms. The molecule has 0 heterocycles. The lowest BCUT2D eigenvalue weighted by Crippen LogP contribution is -2.41. The van der Waals surface area contributed by atoms with Crippen LogP contribution in [0.15, 0.2) is 24.3 Å². The van der Waals surface area contributed by atoms with Crippen molar-refractivity contribution in [1.29, 1.82) is 0 Å². The van der Waals surface area contributed by atoms with Gasteiger partial charge in [-0.15, -0.1) is 0 Å². The standard InChI is InChI=1S/C25H38N2O7/c1-2-17-26-22(28)16-15-21(25(32)33)27-23(29)10-8-6-4-3-5-7-9-18-34-20-13-11-19(12-14-20)24(30)31/h11-14,21H,2-10,15-18H2,1H3,(H,26,28)(H,27,29)(H,30,31)(H,32,33)/t21-/m0/s1. The molecule has 0 aromatic heterocycles. The molecule has 1 atom stereocenters. The van der Waals surface area contributed by atoms with E-state index < -0.39 is 18.0 Å². The third-order valence-electron chi connectivity index (χ3n) is 5.28. The molecule has 0 aliphatic heterocycles. The summed E-state index contributed by atoms with van der Waals surface area (Å²) in [4.78, 5) is 45.8. The zero-order valence-corrected chi connectivity index (χ0v) is 20.0. The molecule has 1 aromatic carbocycles. The van der Waals surface area contributed by atoms with Gasteiger partial charge >= 0.3 is 11.9 Å². The van der Waals surface area contributed by atoms with Crippen molar-refractivity contribution in [3.05, 3.63) is 29.8 Å². The summed E-state index contributed by atoms with van der Waals surface area (Å²) in [6, 6.07) is 5.31. The van der Waals surface area contributed by atoms with Crippen molar-refractivity contribution in [2.75, 3.05) is 13.2 Å². The van der Waals surface area contributed by atoms with Crippen molar-refractivity contribution >= 4 is 23.8 Å². The molecule has 0 bridgehead atoms. The maximum Gasteiger partial charge on any atom is 0.335 e. The average molecular weight is 479 g/mol. The third-order valence-corrected chi connectivity index (χ3v) is 5.28. The van der Waals surface area contributed by atoms with E-state index in [4.69, 9.17) is 9.84 Å². The molecule has 9 nitrogen and oxygen atoms in total. The lowest BCUT2D eigenvalue weighted by Gasteiger charge is -2.14. The Bertz CT molecular complexity index is 765. The number of carboxylic acids is 2. The molecule has 0 saturated heterocycles. The molecule has 1 aromatic rings. The molecule has 34 heavy (non-hydrogen) atoms. The lowest BCUT2D eigenvalue weighted by atomic mass is 10.1. The Morgan fingerprint density at radius 1 is 0.853 bits per heavy atom. The van der Waals surface area contributed by atoms with E-state index in [1.807, 2.05) is 6.92 Å². The fourth-order valence-corrected chi connectivity index (χ4v) is 3.31. The molecule has 0 saturated carbocycles. The fraction of sp³-hybridized carbons (Fsp3) is 0.600. The normalized spacial score (nSPS) is 11.4. The first-order valence-corrected chi connectivity index (χ1v) is 12.1. The number of carbonyl (C=O) groups is 4. The summed E-state index contributed by atoms with van der Waals surface area (Å²) >= 11 is 0. The SMILES string of the molecule is CCCNC(=O)CC[C@H](NC(=O)CCCCCCCCCOc1ccc(C(=O)O)cc1)C(=O)O. The number of benzene rings is 1. The van der Waals surface area contributed by atoms with Crippen LogP contribution in [0.4, 0.5) is 0 Å². The summed E-state index contributed by atoms with van der Waals surface area (Å²) in [5.41, 5.74) is 0.235. The van der Waals surface area contributed by atoms with E-state index >= 15 is 0 Å². The van der Waals surface area contributed by atoms with Crippen LogP contribution in [0.5, 0.6) is 5.75 Å². The van der Waals surface area contributed by atoms with Gasteiger partial charge < -0.3 is 25.6 Å². The minimum atomic E-state index is -1.13. The molecule has 2 amide bonds.